The van der Waals surface area contributed by atoms with Crippen LogP contribution in [0.4, 0.5) is 9.59 Å². The van der Waals surface area contributed by atoms with Crippen LogP contribution in [0.15, 0.2) is 61.2 Å². The molecule has 6 heterocycles. The first-order valence-electron chi connectivity index (χ1n) is 20.6. The van der Waals surface area contributed by atoms with Gasteiger partial charge in [-0.15, -0.1) is 0 Å². The first kappa shape index (κ1) is 40.2. The van der Waals surface area contributed by atoms with Crippen LogP contribution < -0.4 is 10.6 Å². The van der Waals surface area contributed by atoms with Gasteiger partial charge in [0.25, 0.3) is 0 Å². The highest BCUT2D eigenvalue weighted by atomic mass is 16.5. The maximum absolute atomic E-state index is 13.7. The Hall–Kier alpha value is -6.58. The summed E-state index contributed by atoms with van der Waals surface area (Å²) < 4.78 is 9.58. The number of amides is 4. The van der Waals surface area contributed by atoms with Crippen molar-refractivity contribution in [1.82, 2.24) is 50.3 Å². The lowest BCUT2D eigenvalue weighted by Gasteiger charge is -2.30. The third kappa shape index (κ3) is 7.34. The Balaban J connectivity index is 1.05. The van der Waals surface area contributed by atoms with Gasteiger partial charge < -0.3 is 49.8 Å². The van der Waals surface area contributed by atoms with Gasteiger partial charge in [-0.1, -0.05) is 52.0 Å². The smallest absolute Gasteiger partial charge is 0.407 e. The zero-order valence-electron chi connectivity index (χ0n) is 34.7. The van der Waals surface area contributed by atoms with Crippen LogP contribution >= 0.6 is 0 Å². The van der Waals surface area contributed by atoms with Crippen LogP contribution in [0, 0.1) is 11.8 Å². The van der Waals surface area contributed by atoms with Gasteiger partial charge in [0.2, 0.25) is 11.8 Å². The van der Waals surface area contributed by atoms with Crippen LogP contribution in [0.1, 0.15) is 77.1 Å². The molecule has 6 aromatic rings. The highest BCUT2D eigenvalue weighted by Crippen LogP contribution is 2.41. The van der Waals surface area contributed by atoms with E-state index in [2.05, 4.69) is 67.0 Å². The van der Waals surface area contributed by atoms with Crippen molar-refractivity contribution < 1.29 is 28.7 Å². The minimum Gasteiger partial charge on any atom is -0.453 e. The fourth-order valence-electron chi connectivity index (χ4n) is 8.90. The molecule has 6 N–H and O–H groups in total. The molecule has 4 amide bonds. The summed E-state index contributed by atoms with van der Waals surface area (Å²) in [6.07, 6.45) is 9.43. The number of carbonyl (C=O) groups excluding carboxylic acids is 4. The van der Waals surface area contributed by atoms with E-state index in [0.29, 0.717) is 24.7 Å². The van der Waals surface area contributed by atoms with Gasteiger partial charge >= 0.3 is 12.2 Å². The van der Waals surface area contributed by atoms with Gasteiger partial charge in [-0.05, 0) is 55.2 Å². The summed E-state index contributed by atoms with van der Waals surface area (Å²) in [5, 5.41) is 7.48. The van der Waals surface area contributed by atoms with Crippen molar-refractivity contribution in [1.29, 1.82) is 0 Å². The Labute approximate surface area is 347 Å². The van der Waals surface area contributed by atoms with Crippen LogP contribution in [-0.2, 0) is 19.1 Å². The summed E-state index contributed by atoms with van der Waals surface area (Å²) in [5.74, 6) is 0.858. The van der Waals surface area contributed by atoms with Crippen molar-refractivity contribution >= 4 is 45.8 Å². The van der Waals surface area contributed by atoms with Gasteiger partial charge in [-0.25, -0.2) is 19.6 Å². The number of methoxy groups -OCH3 is 2. The van der Waals surface area contributed by atoms with Gasteiger partial charge in [0.15, 0.2) is 0 Å². The topological polar surface area (TPSA) is 206 Å². The second kappa shape index (κ2) is 16.6. The van der Waals surface area contributed by atoms with Crippen molar-refractivity contribution in [3.63, 3.8) is 0 Å². The number of nitrogens with zero attached hydrogens (tertiary/aromatic N) is 4. The van der Waals surface area contributed by atoms with Crippen LogP contribution in [0.2, 0.25) is 0 Å². The molecule has 2 aliphatic heterocycles. The second-order valence-corrected chi connectivity index (χ2v) is 16.3. The van der Waals surface area contributed by atoms with E-state index in [0.717, 1.165) is 81.1 Å². The molecule has 16 heteroatoms. The maximum atomic E-state index is 13.7. The lowest BCUT2D eigenvalue weighted by atomic mass is 9.94. The molecule has 2 fully saturated rings. The van der Waals surface area contributed by atoms with Crippen LogP contribution in [0.3, 0.4) is 0 Å². The summed E-state index contributed by atoms with van der Waals surface area (Å²) in [7, 11) is 2.58. The highest BCUT2D eigenvalue weighted by molar-refractivity contribution is 6.10. The number of rotatable bonds is 11. The van der Waals surface area contributed by atoms with E-state index in [1.54, 1.807) is 0 Å². The quantitative estimate of drug-likeness (QED) is 0.0788. The average Bonchev–Trinajstić information content (AvgIpc) is 4.10. The predicted octanol–water partition coefficient (Wildman–Crippen LogP) is 7.18. The highest BCUT2D eigenvalue weighted by Gasteiger charge is 2.39. The van der Waals surface area contributed by atoms with E-state index in [1.165, 1.54) is 14.2 Å². The molecule has 2 saturated heterocycles. The van der Waals surface area contributed by atoms with Crippen molar-refractivity contribution in [3.8, 4) is 33.6 Å². The van der Waals surface area contributed by atoms with E-state index in [-0.39, 0.29) is 35.7 Å². The summed E-state index contributed by atoms with van der Waals surface area (Å²) in [5.41, 5.74) is 7.59. The van der Waals surface area contributed by atoms with E-state index in [1.807, 2.05) is 62.3 Å². The molecule has 8 rings (SSSR count). The second-order valence-electron chi connectivity index (χ2n) is 16.3. The molecule has 2 aliphatic rings. The van der Waals surface area contributed by atoms with E-state index >= 15 is 0 Å². The molecular weight excluding hydrogens is 765 g/mol. The molecule has 4 aromatic heterocycles. The number of H-pyrrole nitrogens is 4. The number of hydrogen-bond donors (Lipinski definition) is 6. The van der Waals surface area contributed by atoms with Crippen LogP contribution in [0.5, 0.6) is 0 Å². The first-order chi connectivity index (χ1) is 29.0. The lowest BCUT2D eigenvalue weighted by Crippen LogP contribution is -2.51. The number of nitrogens with one attached hydrogen (secondary N) is 6. The predicted molar refractivity (Wildman–Crippen MR) is 226 cm³/mol. The molecule has 0 unspecified atom stereocenters. The zero-order valence-corrected chi connectivity index (χ0v) is 34.7. The normalized spacial score (nSPS) is 17.8. The number of aromatic amines is 4. The number of benzene rings is 2. The summed E-state index contributed by atoms with van der Waals surface area (Å²) in [6.45, 7) is 8.76. The van der Waals surface area contributed by atoms with Crippen molar-refractivity contribution in [2.24, 2.45) is 11.8 Å². The fraction of sp³-hybridized carbons (Fsp3) is 0.409. The molecule has 0 spiro atoms. The van der Waals surface area contributed by atoms with E-state index in [4.69, 9.17) is 19.4 Å². The molecular formula is C44H52N10O6. The SMILES string of the molecule is COC(=O)N[C@H](C(=O)N1CCC[C@H]1c1ncc(-c2ccc(-c3ccc(-c4cnc([C@@H]5CCCN5C(=O)[C@@H](NC(=O)OC)C(C)C)[nH]4)c4[nH]ccc34)c3[nH]ccc23)[nH]1)C(C)C. The molecule has 314 valence electrons. The minimum atomic E-state index is -0.710. The Morgan fingerprint density at radius 3 is 1.57 bits per heavy atom. The number of carbonyl (C=O) groups is 4. The van der Waals surface area contributed by atoms with Gasteiger partial charge in [-0.2, -0.15) is 0 Å². The largest absolute Gasteiger partial charge is 0.453 e. The third-order valence-electron chi connectivity index (χ3n) is 12.0. The number of imidazole rings is 2. The Kier molecular flexibility index (Phi) is 11.1. The maximum Gasteiger partial charge on any atom is 0.407 e. The number of likely N-dealkylation sites (tertiary alicyclic amines) is 2. The molecule has 4 atom stereocenters. The lowest BCUT2D eigenvalue weighted by molar-refractivity contribution is -0.136. The minimum absolute atomic E-state index is 0.123. The number of alkyl carbamates (subject to hydrolysis) is 2. The molecule has 0 radical (unpaired) electrons. The van der Waals surface area contributed by atoms with Crippen molar-refractivity contribution in [2.45, 2.75) is 77.5 Å². The molecule has 16 nitrogen and oxygen atoms in total. The molecule has 60 heavy (non-hydrogen) atoms. The van der Waals surface area contributed by atoms with Crippen molar-refractivity contribution in [2.75, 3.05) is 27.3 Å². The third-order valence-corrected chi connectivity index (χ3v) is 12.0. The standard InChI is InChI=1S/C44H52N10O6/c1-23(2)35(51-43(57)59-5)41(55)53-19-7-9-33(53)39-47-21-31(49-39)26-12-13-27(37-29(26)16-18-45-37)25-11-14-30(38-28(25)15-17-46-38)32-22-48-40(50-32)34-10-8-20-54(34)42(56)36(24(3)4)52-44(58)60-6/h11-18,21-24,33-36,45-46H,7-10,19-20H2,1-6H3,(H,47,49)(H,48,50)(H,51,57)(H,52,58)/t33-,34-,35-,36-/m0/s1. The van der Waals surface area contributed by atoms with E-state index in [9.17, 15) is 19.2 Å². The number of ether oxygens (including phenoxy) is 2. The number of hydrogen-bond acceptors (Lipinski definition) is 8. The Bertz CT molecular complexity index is 2370. The molecule has 2 aromatic carbocycles. The average molecular weight is 817 g/mol. The first-order valence-corrected chi connectivity index (χ1v) is 20.6. The monoisotopic (exact) mass is 816 g/mol. The summed E-state index contributed by atoms with van der Waals surface area (Å²) in [4.78, 5) is 78.7. The van der Waals surface area contributed by atoms with Gasteiger partial charge in [-0.3, -0.25) is 9.59 Å². The van der Waals surface area contributed by atoms with E-state index < -0.39 is 24.3 Å². The number of fused-ring (bicyclic) bond motifs is 2. The Morgan fingerprint density at radius 2 is 1.07 bits per heavy atom. The van der Waals surface area contributed by atoms with Crippen LogP contribution in [0.25, 0.3) is 55.4 Å². The Morgan fingerprint density at radius 1 is 0.633 bits per heavy atom. The van der Waals surface area contributed by atoms with Crippen molar-refractivity contribution in [3.05, 3.63) is 72.8 Å². The van der Waals surface area contributed by atoms with Gasteiger partial charge in [0, 0.05) is 52.9 Å². The fourth-order valence-corrected chi connectivity index (χ4v) is 8.90. The number of aromatic nitrogens is 6. The molecule has 0 saturated carbocycles. The van der Waals surface area contributed by atoms with Crippen LogP contribution in [-0.4, -0.2) is 103 Å². The summed E-state index contributed by atoms with van der Waals surface area (Å²) >= 11 is 0. The molecule has 0 bridgehead atoms. The summed E-state index contributed by atoms with van der Waals surface area (Å²) in [6, 6.07) is 10.7. The van der Waals surface area contributed by atoms with Gasteiger partial charge in [0.1, 0.15) is 23.7 Å². The zero-order chi connectivity index (χ0) is 42.2. The van der Waals surface area contributed by atoms with Gasteiger partial charge in [0.05, 0.1) is 61.1 Å². The molecule has 0 aliphatic carbocycles.